The molecule has 2 atom stereocenters. The van der Waals surface area contributed by atoms with E-state index in [0.717, 1.165) is 44.3 Å². The number of aromatic nitrogens is 1. The second-order valence-corrected chi connectivity index (χ2v) is 5.07. The van der Waals surface area contributed by atoms with Crippen LogP contribution in [-0.2, 0) is 10.2 Å². The zero-order valence-corrected chi connectivity index (χ0v) is 9.66. The molecule has 0 radical (unpaired) electrons. The molecular formula is C12H18N2O2. The van der Waals surface area contributed by atoms with Gasteiger partial charge in [-0.25, -0.2) is 4.98 Å². The topological polar surface area (TPSA) is 47.3 Å². The van der Waals surface area contributed by atoms with Gasteiger partial charge in [0.15, 0.2) is 0 Å². The van der Waals surface area contributed by atoms with Crippen LogP contribution in [0.2, 0.25) is 0 Å². The molecule has 16 heavy (non-hydrogen) atoms. The first-order valence-corrected chi connectivity index (χ1v) is 6.05. The minimum absolute atomic E-state index is 0.0316. The van der Waals surface area contributed by atoms with Gasteiger partial charge >= 0.3 is 0 Å². The van der Waals surface area contributed by atoms with Gasteiger partial charge < -0.3 is 14.5 Å². The van der Waals surface area contributed by atoms with E-state index < -0.39 is 0 Å². The van der Waals surface area contributed by atoms with Crippen molar-refractivity contribution in [2.24, 2.45) is 0 Å². The van der Waals surface area contributed by atoms with Crippen molar-refractivity contribution >= 4 is 0 Å². The van der Waals surface area contributed by atoms with Gasteiger partial charge in [-0.2, -0.15) is 0 Å². The highest BCUT2D eigenvalue weighted by Gasteiger charge is 2.36. The normalized spacial score (nSPS) is 34.7. The van der Waals surface area contributed by atoms with Crippen LogP contribution < -0.4 is 5.32 Å². The van der Waals surface area contributed by atoms with Crippen LogP contribution in [0.15, 0.2) is 10.6 Å². The molecule has 2 aliphatic rings. The lowest BCUT2D eigenvalue weighted by molar-refractivity contribution is 0.173. The lowest BCUT2D eigenvalue weighted by Gasteiger charge is -2.17. The van der Waals surface area contributed by atoms with Gasteiger partial charge in [0.2, 0.25) is 5.89 Å². The van der Waals surface area contributed by atoms with Crippen molar-refractivity contribution < 1.29 is 9.15 Å². The highest BCUT2D eigenvalue weighted by atomic mass is 16.5. The molecule has 0 aliphatic carbocycles. The van der Waals surface area contributed by atoms with Gasteiger partial charge in [0.1, 0.15) is 5.76 Å². The number of nitrogens with one attached hydrogen (secondary N) is 1. The van der Waals surface area contributed by atoms with E-state index in [-0.39, 0.29) is 5.41 Å². The molecule has 0 aromatic carbocycles. The van der Waals surface area contributed by atoms with Gasteiger partial charge in [-0.05, 0) is 25.8 Å². The van der Waals surface area contributed by atoms with Crippen molar-refractivity contribution in [2.45, 2.75) is 37.6 Å². The van der Waals surface area contributed by atoms with Crippen LogP contribution in [0.3, 0.4) is 0 Å². The van der Waals surface area contributed by atoms with E-state index in [1.807, 2.05) is 6.20 Å². The first kappa shape index (κ1) is 10.3. The van der Waals surface area contributed by atoms with Gasteiger partial charge in [0.05, 0.1) is 24.3 Å². The number of hydrogen-bond acceptors (Lipinski definition) is 4. The summed E-state index contributed by atoms with van der Waals surface area (Å²) in [6, 6.07) is 0.319. The lowest BCUT2D eigenvalue weighted by atomic mass is 9.88. The number of rotatable bonds is 2. The molecule has 3 heterocycles. The molecule has 4 heteroatoms. The van der Waals surface area contributed by atoms with Crippen molar-refractivity contribution in [3.63, 3.8) is 0 Å². The summed E-state index contributed by atoms with van der Waals surface area (Å²) in [5.41, 5.74) is 0.0316. The summed E-state index contributed by atoms with van der Waals surface area (Å²) in [6.07, 6.45) is 5.25. The summed E-state index contributed by atoms with van der Waals surface area (Å²) >= 11 is 0. The third kappa shape index (κ3) is 1.66. The van der Waals surface area contributed by atoms with E-state index in [4.69, 9.17) is 9.15 Å². The fourth-order valence-corrected chi connectivity index (χ4v) is 2.48. The highest BCUT2D eigenvalue weighted by molar-refractivity contribution is 5.13. The Bertz CT molecular complexity index is 363. The number of nitrogens with zero attached hydrogens (tertiary/aromatic N) is 1. The SMILES string of the molecule is CC1(c2cnc(C3CCCN3)o2)CCOC1. The minimum Gasteiger partial charge on any atom is -0.443 e. The van der Waals surface area contributed by atoms with E-state index in [1.54, 1.807) is 0 Å². The molecule has 88 valence electrons. The highest BCUT2D eigenvalue weighted by Crippen LogP contribution is 2.34. The summed E-state index contributed by atoms with van der Waals surface area (Å²) in [6.45, 7) is 4.84. The van der Waals surface area contributed by atoms with Crippen LogP contribution in [-0.4, -0.2) is 24.7 Å². The third-order valence-corrected chi connectivity index (χ3v) is 3.70. The largest absolute Gasteiger partial charge is 0.443 e. The Morgan fingerprint density at radius 2 is 2.50 bits per heavy atom. The third-order valence-electron chi connectivity index (χ3n) is 3.70. The summed E-state index contributed by atoms with van der Waals surface area (Å²) < 4.78 is 11.3. The molecular weight excluding hydrogens is 204 g/mol. The molecule has 1 N–H and O–H groups in total. The predicted molar refractivity (Wildman–Crippen MR) is 59.3 cm³/mol. The number of oxazole rings is 1. The zero-order chi connectivity index (χ0) is 11.0. The smallest absolute Gasteiger partial charge is 0.211 e. The van der Waals surface area contributed by atoms with E-state index in [2.05, 4.69) is 17.2 Å². The van der Waals surface area contributed by atoms with Crippen LogP contribution in [0, 0.1) is 0 Å². The van der Waals surface area contributed by atoms with Crippen LogP contribution in [0.5, 0.6) is 0 Å². The predicted octanol–water partition coefficient (Wildman–Crippen LogP) is 1.78. The van der Waals surface area contributed by atoms with Crippen LogP contribution in [0.25, 0.3) is 0 Å². The van der Waals surface area contributed by atoms with Gasteiger partial charge in [0, 0.05) is 6.61 Å². The molecule has 2 fully saturated rings. The average molecular weight is 222 g/mol. The molecule has 0 spiro atoms. The van der Waals surface area contributed by atoms with Crippen LogP contribution in [0.1, 0.15) is 43.9 Å². The summed E-state index contributed by atoms with van der Waals surface area (Å²) in [5.74, 6) is 1.83. The molecule has 0 bridgehead atoms. The molecule has 0 saturated carbocycles. The maximum atomic E-state index is 5.90. The van der Waals surface area contributed by atoms with Gasteiger partial charge in [0.25, 0.3) is 0 Å². The average Bonchev–Trinajstić information content (AvgIpc) is 2.98. The van der Waals surface area contributed by atoms with Crippen LogP contribution in [0.4, 0.5) is 0 Å². The van der Waals surface area contributed by atoms with Crippen molar-refractivity contribution in [1.82, 2.24) is 10.3 Å². The summed E-state index contributed by atoms with van der Waals surface area (Å²) in [7, 11) is 0. The zero-order valence-electron chi connectivity index (χ0n) is 9.66. The maximum Gasteiger partial charge on any atom is 0.211 e. The minimum atomic E-state index is 0.0316. The number of hydrogen-bond donors (Lipinski definition) is 1. The summed E-state index contributed by atoms with van der Waals surface area (Å²) in [4.78, 5) is 4.40. The lowest BCUT2D eigenvalue weighted by Crippen LogP contribution is -2.20. The maximum absolute atomic E-state index is 5.90. The second kappa shape index (κ2) is 3.86. The molecule has 2 aliphatic heterocycles. The first-order chi connectivity index (χ1) is 7.78. The molecule has 4 nitrogen and oxygen atoms in total. The Labute approximate surface area is 95.4 Å². The Balaban J connectivity index is 1.81. The Morgan fingerprint density at radius 1 is 1.56 bits per heavy atom. The van der Waals surface area contributed by atoms with E-state index in [0.29, 0.717) is 6.04 Å². The van der Waals surface area contributed by atoms with Crippen molar-refractivity contribution in [2.75, 3.05) is 19.8 Å². The summed E-state index contributed by atoms with van der Waals surface area (Å²) in [5, 5.41) is 3.40. The monoisotopic (exact) mass is 222 g/mol. The van der Waals surface area contributed by atoms with Crippen molar-refractivity contribution in [1.29, 1.82) is 0 Å². The fraction of sp³-hybridized carbons (Fsp3) is 0.750. The molecule has 0 amide bonds. The molecule has 3 rings (SSSR count). The van der Waals surface area contributed by atoms with Crippen molar-refractivity contribution in [3.05, 3.63) is 17.8 Å². The first-order valence-electron chi connectivity index (χ1n) is 6.05. The Morgan fingerprint density at radius 3 is 3.19 bits per heavy atom. The second-order valence-electron chi connectivity index (χ2n) is 5.07. The molecule has 1 aromatic rings. The molecule has 1 aromatic heterocycles. The van der Waals surface area contributed by atoms with Gasteiger partial charge in [-0.15, -0.1) is 0 Å². The Kier molecular flexibility index (Phi) is 2.48. The molecule has 2 saturated heterocycles. The molecule has 2 unspecified atom stereocenters. The van der Waals surface area contributed by atoms with Crippen molar-refractivity contribution in [3.8, 4) is 0 Å². The number of ether oxygens (including phenoxy) is 1. The van der Waals surface area contributed by atoms with Gasteiger partial charge in [-0.3, -0.25) is 0 Å². The van der Waals surface area contributed by atoms with E-state index in [9.17, 15) is 0 Å². The van der Waals surface area contributed by atoms with E-state index in [1.165, 1.54) is 6.42 Å². The quantitative estimate of drug-likeness (QED) is 0.828. The Hall–Kier alpha value is -0.870. The fourth-order valence-electron chi connectivity index (χ4n) is 2.48. The van der Waals surface area contributed by atoms with Crippen LogP contribution >= 0.6 is 0 Å². The standard InChI is InChI=1S/C12H18N2O2/c1-12(4-6-15-8-12)10-7-14-11(16-10)9-3-2-5-13-9/h7,9,13H,2-6,8H2,1H3. The van der Waals surface area contributed by atoms with E-state index >= 15 is 0 Å². The van der Waals surface area contributed by atoms with Gasteiger partial charge in [-0.1, -0.05) is 6.92 Å².